The average molecular weight is 631 g/mol. The lowest BCUT2D eigenvalue weighted by Gasteiger charge is -2.22. The zero-order valence-electron chi connectivity index (χ0n) is 20.1. The van der Waals surface area contributed by atoms with Gasteiger partial charge in [-0.25, -0.2) is 0 Å². The standard InChI is InChI=1S/C21H30IN9O6/c1-10-18(33)29-14(17(23)32)4-2-6-26-16-12(8-11(31(36)37)9-13(16)22)19(34)30-15(20(35)28-10)5-3-7-27-21(24)25/h8-10,14-15,26H,2-7H2,1H3,(H2,23,32)(H,28,35)(H,29,33)(H,30,34)(H4,24,25,27)/t10-,14-,15-/m0/s1. The first-order valence-electron chi connectivity index (χ1n) is 11.4. The zero-order chi connectivity index (χ0) is 27.7. The Morgan fingerprint density at radius 3 is 2.49 bits per heavy atom. The summed E-state index contributed by atoms with van der Waals surface area (Å²) in [4.78, 5) is 65.4. The summed E-state index contributed by atoms with van der Waals surface area (Å²) in [5.41, 5.74) is 16.1. The summed E-state index contributed by atoms with van der Waals surface area (Å²) in [6.07, 6.45) is 0.961. The molecule has 0 unspecified atom stereocenters. The van der Waals surface area contributed by atoms with Gasteiger partial charge in [-0.1, -0.05) is 0 Å². The lowest BCUT2D eigenvalue weighted by atomic mass is 10.1. The first kappa shape index (κ1) is 29.5. The molecule has 0 spiro atoms. The number of halogens is 1. The van der Waals surface area contributed by atoms with Gasteiger partial charge in [0.25, 0.3) is 11.6 Å². The fraction of sp³-hybridized carbons (Fsp3) is 0.476. The SMILES string of the molecule is C[C@@H]1NC(=O)[C@H](CCCN=C(N)N)NC(=O)c2cc([N+](=O)[O-])cc(I)c2NCCC[C@@H](C(N)=O)NC1=O. The maximum absolute atomic E-state index is 13.3. The van der Waals surface area contributed by atoms with E-state index in [-0.39, 0.29) is 43.1 Å². The number of nitro groups is 1. The molecule has 1 aromatic rings. The molecule has 202 valence electrons. The number of nitrogens with one attached hydrogen (secondary N) is 4. The van der Waals surface area contributed by atoms with Crippen LogP contribution < -0.4 is 38.5 Å². The number of nitrogens with zero attached hydrogens (tertiary/aromatic N) is 2. The predicted octanol–water partition coefficient (Wildman–Crippen LogP) is -0.968. The summed E-state index contributed by atoms with van der Waals surface area (Å²) >= 11 is 1.87. The highest BCUT2D eigenvalue weighted by atomic mass is 127. The lowest BCUT2D eigenvalue weighted by molar-refractivity contribution is -0.384. The number of fused-ring (bicyclic) bond motifs is 1. The molecule has 0 radical (unpaired) electrons. The van der Waals surface area contributed by atoms with Gasteiger partial charge in [-0.2, -0.15) is 0 Å². The monoisotopic (exact) mass is 631 g/mol. The number of nitro benzene ring substituents is 1. The number of carbonyl (C=O) groups is 4. The number of non-ortho nitro benzene ring substituents is 1. The van der Waals surface area contributed by atoms with Gasteiger partial charge < -0.3 is 38.5 Å². The highest BCUT2D eigenvalue weighted by Crippen LogP contribution is 2.29. The molecule has 0 aliphatic carbocycles. The molecular formula is C21H30IN9O6. The van der Waals surface area contributed by atoms with Crippen LogP contribution in [0, 0.1) is 13.7 Å². The number of guanidine groups is 1. The Labute approximate surface area is 226 Å². The van der Waals surface area contributed by atoms with Gasteiger partial charge in [0.2, 0.25) is 17.7 Å². The number of hydrogen-bond acceptors (Lipinski definition) is 8. The van der Waals surface area contributed by atoms with E-state index >= 15 is 0 Å². The van der Waals surface area contributed by atoms with Gasteiger partial charge in [0.05, 0.1) is 16.2 Å². The van der Waals surface area contributed by atoms with Crippen LogP contribution in [-0.2, 0) is 14.4 Å². The van der Waals surface area contributed by atoms with E-state index in [2.05, 4.69) is 26.3 Å². The molecule has 3 atom stereocenters. The minimum Gasteiger partial charge on any atom is -0.384 e. The molecule has 4 amide bonds. The van der Waals surface area contributed by atoms with E-state index in [9.17, 15) is 29.3 Å². The number of aliphatic imine (C=N–C) groups is 1. The molecule has 16 heteroatoms. The van der Waals surface area contributed by atoms with Crippen LogP contribution in [0.2, 0.25) is 0 Å². The number of hydrogen-bond donors (Lipinski definition) is 7. The molecule has 0 saturated carbocycles. The van der Waals surface area contributed by atoms with Gasteiger partial charge in [-0.05, 0) is 55.2 Å². The Bertz CT molecular complexity index is 1090. The first-order valence-corrected chi connectivity index (χ1v) is 12.5. The van der Waals surface area contributed by atoms with Gasteiger partial charge in [0, 0.05) is 28.8 Å². The second-order valence-corrected chi connectivity index (χ2v) is 9.51. The average Bonchev–Trinajstić information content (AvgIpc) is 2.82. The highest BCUT2D eigenvalue weighted by molar-refractivity contribution is 14.1. The van der Waals surface area contributed by atoms with Gasteiger partial charge in [-0.3, -0.25) is 34.3 Å². The second-order valence-electron chi connectivity index (χ2n) is 8.34. The molecule has 2 rings (SSSR count). The van der Waals surface area contributed by atoms with E-state index in [0.717, 1.165) is 6.07 Å². The molecule has 0 saturated heterocycles. The Hall–Kier alpha value is -3.70. The third kappa shape index (κ3) is 8.72. The summed E-state index contributed by atoms with van der Waals surface area (Å²) in [5, 5.41) is 22.1. The van der Waals surface area contributed by atoms with Crippen molar-refractivity contribution in [3.05, 3.63) is 31.4 Å². The number of anilines is 1. The van der Waals surface area contributed by atoms with Crippen LogP contribution >= 0.6 is 22.6 Å². The summed E-state index contributed by atoms with van der Waals surface area (Å²) in [5.74, 6) is -2.91. The topological polar surface area (TPSA) is 250 Å². The molecule has 1 aromatic carbocycles. The van der Waals surface area contributed by atoms with Crippen LogP contribution in [0.1, 0.15) is 43.0 Å². The molecule has 10 N–H and O–H groups in total. The molecule has 0 fully saturated rings. The summed E-state index contributed by atoms with van der Waals surface area (Å²) in [6.45, 7) is 1.87. The van der Waals surface area contributed by atoms with Crippen LogP contribution in [0.15, 0.2) is 17.1 Å². The second kappa shape index (κ2) is 13.6. The van der Waals surface area contributed by atoms with E-state index in [0.29, 0.717) is 22.1 Å². The Morgan fingerprint density at radius 2 is 1.86 bits per heavy atom. The van der Waals surface area contributed by atoms with Crippen molar-refractivity contribution >= 4 is 63.6 Å². The first-order chi connectivity index (χ1) is 17.4. The van der Waals surface area contributed by atoms with E-state index in [1.165, 1.54) is 13.0 Å². The number of benzene rings is 1. The zero-order valence-corrected chi connectivity index (χ0v) is 22.2. The van der Waals surface area contributed by atoms with E-state index in [1.54, 1.807) is 0 Å². The van der Waals surface area contributed by atoms with Gasteiger partial charge in [0.1, 0.15) is 18.1 Å². The van der Waals surface area contributed by atoms with Crippen LogP contribution in [0.3, 0.4) is 0 Å². The molecule has 1 heterocycles. The van der Waals surface area contributed by atoms with E-state index < -0.39 is 46.7 Å². The van der Waals surface area contributed by atoms with Gasteiger partial charge in [0.15, 0.2) is 5.96 Å². The van der Waals surface area contributed by atoms with Crippen molar-refractivity contribution < 1.29 is 24.1 Å². The summed E-state index contributed by atoms with van der Waals surface area (Å²) < 4.78 is 0.406. The number of rotatable bonds is 6. The fourth-order valence-electron chi connectivity index (χ4n) is 3.55. The molecule has 37 heavy (non-hydrogen) atoms. The quantitative estimate of drug-likeness (QED) is 0.0509. The van der Waals surface area contributed by atoms with Gasteiger partial charge >= 0.3 is 0 Å². The minimum atomic E-state index is -1.13. The van der Waals surface area contributed by atoms with E-state index in [1.807, 2.05) is 22.6 Å². The van der Waals surface area contributed by atoms with Crippen molar-refractivity contribution in [3.8, 4) is 0 Å². The van der Waals surface area contributed by atoms with Crippen molar-refractivity contribution in [2.24, 2.45) is 22.2 Å². The van der Waals surface area contributed by atoms with Crippen LogP contribution in [0.25, 0.3) is 0 Å². The Balaban J connectivity index is 2.46. The van der Waals surface area contributed by atoms with Crippen LogP contribution in [-0.4, -0.2) is 65.7 Å². The third-order valence-electron chi connectivity index (χ3n) is 5.48. The summed E-state index contributed by atoms with van der Waals surface area (Å²) in [6, 6.07) is -0.736. The molecular weight excluding hydrogens is 601 g/mol. The Kier molecular flexibility index (Phi) is 10.8. The molecule has 0 bridgehead atoms. The normalized spacial score (nSPS) is 21.0. The number of amides is 4. The number of primary amides is 1. The number of carbonyl (C=O) groups excluding carboxylic acids is 4. The number of nitrogens with two attached hydrogens (primary N) is 3. The Morgan fingerprint density at radius 1 is 1.16 bits per heavy atom. The highest BCUT2D eigenvalue weighted by Gasteiger charge is 2.29. The van der Waals surface area contributed by atoms with Crippen molar-refractivity contribution in [1.82, 2.24) is 16.0 Å². The predicted molar refractivity (Wildman–Crippen MR) is 143 cm³/mol. The van der Waals surface area contributed by atoms with Crippen molar-refractivity contribution in [2.45, 2.75) is 50.7 Å². The largest absolute Gasteiger partial charge is 0.384 e. The maximum Gasteiger partial charge on any atom is 0.271 e. The van der Waals surface area contributed by atoms with Crippen molar-refractivity contribution in [3.63, 3.8) is 0 Å². The van der Waals surface area contributed by atoms with Gasteiger partial charge in [-0.15, -0.1) is 0 Å². The molecule has 1 aliphatic rings. The summed E-state index contributed by atoms with van der Waals surface area (Å²) in [7, 11) is 0. The van der Waals surface area contributed by atoms with Crippen molar-refractivity contribution in [1.29, 1.82) is 0 Å². The minimum absolute atomic E-state index is 0.0378. The molecule has 15 nitrogen and oxygen atoms in total. The van der Waals surface area contributed by atoms with Crippen molar-refractivity contribution in [2.75, 3.05) is 18.4 Å². The van der Waals surface area contributed by atoms with E-state index in [4.69, 9.17) is 17.2 Å². The third-order valence-corrected chi connectivity index (χ3v) is 6.33. The van der Waals surface area contributed by atoms with Crippen LogP contribution in [0.4, 0.5) is 11.4 Å². The molecule has 1 aliphatic heterocycles. The lowest BCUT2D eigenvalue weighted by Crippen LogP contribution is -2.55. The maximum atomic E-state index is 13.3. The smallest absolute Gasteiger partial charge is 0.271 e. The fourth-order valence-corrected chi connectivity index (χ4v) is 4.35. The molecule has 0 aromatic heterocycles. The van der Waals surface area contributed by atoms with Crippen LogP contribution in [0.5, 0.6) is 0 Å².